The molecule has 0 spiro atoms. The zero-order chi connectivity index (χ0) is 91.3. The lowest BCUT2D eigenvalue weighted by molar-refractivity contribution is -0.373. The van der Waals surface area contributed by atoms with E-state index in [4.69, 9.17) is 128 Å². The minimum Gasteiger partial charge on any atom is -0.394 e. The third-order valence-electron chi connectivity index (χ3n) is 24.2. The van der Waals surface area contributed by atoms with Gasteiger partial charge in [-0.2, -0.15) is 0 Å². The van der Waals surface area contributed by atoms with Gasteiger partial charge >= 0.3 is 0 Å². The summed E-state index contributed by atoms with van der Waals surface area (Å²) in [6.07, 6.45) is -97.2. The second kappa shape index (κ2) is 43.6. The summed E-state index contributed by atoms with van der Waals surface area (Å²) < 4.78 is 151. The highest BCUT2D eigenvalue weighted by atomic mass is 16.8. The molecule has 0 aromatic carbocycles. The zero-order valence-electron chi connectivity index (χ0n) is 66.7. The van der Waals surface area contributed by atoms with Crippen molar-refractivity contribution < 1.29 is 281 Å². The van der Waals surface area contributed by atoms with Crippen molar-refractivity contribution >= 4 is 0 Å². The van der Waals surface area contributed by atoms with Gasteiger partial charge in [-0.25, -0.2) is 0 Å². The van der Waals surface area contributed by atoms with Crippen LogP contribution in [-0.4, -0.2) is 590 Å². The SMILES string of the molecule is OC[C@@H]1O[C@@H](OC2[C@H](O[C@@H]3CO[C@H](O[C@@H]4CO[C@H](O[C@@H]5CO[C@H](O[C@@H]6CO[C@H](O[C@@H]7CO[C@H](O[C@@H]8CO[C@H](O[C@@H]9CO[C@H](O[C@@H]%10CO[C@H](O[C@@H]%11CO[C@H](O[C@@H]%12CO[C@@H](O[C@@H]%13CO[C@@H](O)C(O)[C@H]%13O)C(O)[C@H]%12O)C(O)[C@H]%11O)C(O)[C@H]%10O)C(O)[C@H]9O)C(O)[C@H]8O)C(O)[C@H]7O)C(O)[C@H]6O)C(O)[C@H]5O)C(O)[C@H]4O)C(O)[C@H]3O)OC[C@@H](O)[C@@H]2O[C@@H]2O[C@@H](CO)[C@@H](O)C2O)C(O)[C@@H]1O. The number of rotatable bonds is 28. The highest BCUT2D eigenvalue weighted by molar-refractivity contribution is 5.00. The monoisotopic (exact) mass is 1870 g/mol. The molecule has 14 heterocycles. The molecule has 30 N–H and O–H groups in total. The van der Waals surface area contributed by atoms with E-state index in [9.17, 15) is 153 Å². The van der Waals surface area contributed by atoms with Crippen molar-refractivity contribution in [1.29, 1.82) is 0 Å². The molecule has 0 aromatic heterocycles. The summed E-state index contributed by atoms with van der Waals surface area (Å²) in [5, 5.41) is 324. The van der Waals surface area contributed by atoms with Crippen LogP contribution in [0.5, 0.6) is 0 Å². The van der Waals surface area contributed by atoms with E-state index >= 15 is 0 Å². The Morgan fingerprint density at radius 2 is 0.323 bits per heavy atom. The summed E-state index contributed by atoms with van der Waals surface area (Å²) in [5.74, 6) is 0. The maximum atomic E-state index is 11.4. The van der Waals surface area contributed by atoms with Gasteiger partial charge in [0.2, 0.25) is 0 Å². The standard InChI is InChI=1S/C70H114O57/c71-1-16-29(74)53(98)68(113-16)126-55-15(73)3-102-70(56(55)127-69-54(99)30(75)17(2-72)114-69)125-28-14-112-67(52(97)41(28)86)124-27-13-111-66(51(96)40(27)85)123-26-12-110-65(50(95)39(26)84)122-25-11-109-64(49(94)38(25)83)121-24-10-108-63(48(93)37(24)82)120-23-9-107-62(47(92)36(23)81)119-22-8-106-61(46(91)35(22)80)118-21-7-105-60(45(90)34(21)79)117-20-6-104-59(44(89)33(20)78)116-19-5-103-58(43(88)32(19)77)115-18-4-101-57(100)42(87)31(18)76/h15-100H,1-14H2/t15-,16+,17+,18-,19-,20-,21-,22-,23-,24-,25-,26-,27-,28-,29-,30-,31+,32+,33+,34+,35+,36+,37+,38+,39+,40+,41+,42?,43?,44?,45?,46?,47?,48?,49?,50?,51?,52?,53?,54?,55+,56?,57-,58+,59-,60-,61-,62-,63-,64-,65-,66-,67-,68+,69+,70+/m1/s1. The van der Waals surface area contributed by atoms with Crippen molar-refractivity contribution in [1.82, 2.24) is 0 Å². The summed E-state index contributed by atoms with van der Waals surface area (Å²) in [7, 11) is 0. The fraction of sp³-hybridized carbons (Fsp3) is 1.00. The predicted octanol–water partition coefficient (Wildman–Crippen LogP) is -22.6. The van der Waals surface area contributed by atoms with Crippen LogP contribution in [0.4, 0.5) is 0 Å². The Bertz CT molecular complexity index is 3350. The van der Waals surface area contributed by atoms with E-state index in [0.717, 1.165) is 0 Å². The molecular formula is C70H114O57. The minimum absolute atomic E-state index is 0.413. The molecule has 14 aliphatic heterocycles. The smallest absolute Gasteiger partial charge is 0.187 e. The molecule has 14 aliphatic rings. The summed E-state index contributed by atoms with van der Waals surface area (Å²) in [6, 6.07) is 0. The van der Waals surface area contributed by atoms with Gasteiger partial charge in [-0.3, -0.25) is 0 Å². The van der Waals surface area contributed by atoms with E-state index in [1.54, 1.807) is 0 Å². The minimum atomic E-state index is -2.02. The van der Waals surface area contributed by atoms with E-state index in [2.05, 4.69) is 0 Å². The van der Waals surface area contributed by atoms with Gasteiger partial charge in [0, 0.05) is 0 Å². The first kappa shape index (κ1) is 101. The lowest BCUT2D eigenvalue weighted by Crippen LogP contribution is -2.64. The van der Waals surface area contributed by atoms with Crippen LogP contribution in [0.25, 0.3) is 0 Å². The second-order valence-electron chi connectivity index (χ2n) is 32.8. The Morgan fingerprint density at radius 1 is 0.157 bits per heavy atom. The Kier molecular flexibility index (Phi) is 34.6. The lowest BCUT2D eigenvalue weighted by atomic mass is 10.0. The first-order valence-corrected chi connectivity index (χ1v) is 40.9. The van der Waals surface area contributed by atoms with Crippen LogP contribution in [0.1, 0.15) is 0 Å². The molecule has 0 aromatic rings. The number of ether oxygens (including phenoxy) is 27. The first-order chi connectivity index (χ1) is 60.4. The number of hydrogen-bond acceptors (Lipinski definition) is 57. The maximum absolute atomic E-state index is 11.4. The van der Waals surface area contributed by atoms with Crippen molar-refractivity contribution in [2.45, 2.75) is 344 Å². The lowest BCUT2D eigenvalue weighted by Gasteiger charge is -2.46. The van der Waals surface area contributed by atoms with E-state index in [1.165, 1.54) is 0 Å². The zero-order valence-corrected chi connectivity index (χ0v) is 66.7. The van der Waals surface area contributed by atoms with Gasteiger partial charge in [0.1, 0.15) is 256 Å². The fourth-order valence-electron chi connectivity index (χ4n) is 16.3. The molecule has 0 radical (unpaired) electrons. The highest BCUT2D eigenvalue weighted by Crippen LogP contribution is 2.39. The fourth-order valence-corrected chi connectivity index (χ4v) is 16.3. The van der Waals surface area contributed by atoms with Crippen LogP contribution < -0.4 is 0 Å². The highest BCUT2D eigenvalue weighted by Gasteiger charge is 2.59. The predicted molar refractivity (Wildman–Crippen MR) is 376 cm³/mol. The third kappa shape index (κ3) is 21.8. The molecule has 57 nitrogen and oxygen atoms in total. The van der Waals surface area contributed by atoms with Crippen LogP contribution in [-0.2, 0) is 128 Å². The average molecular weight is 1870 g/mol. The molecule has 14 rings (SSSR count). The van der Waals surface area contributed by atoms with Crippen molar-refractivity contribution in [3.63, 3.8) is 0 Å². The second-order valence-corrected chi connectivity index (χ2v) is 32.8. The topological polar surface area (TPSA) is 856 Å². The quantitative estimate of drug-likeness (QED) is 0.0346. The molecule has 736 valence electrons. The van der Waals surface area contributed by atoms with Crippen LogP contribution in [0.15, 0.2) is 0 Å². The van der Waals surface area contributed by atoms with Crippen molar-refractivity contribution in [2.75, 3.05) is 92.5 Å². The van der Waals surface area contributed by atoms with E-state index in [1.807, 2.05) is 0 Å². The molecule has 0 amide bonds. The van der Waals surface area contributed by atoms with Gasteiger partial charge in [0.05, 0.1) is 92.5 Å². The Balaban J connectivity index is 0.469. The Morgan fingerprint density at radius 3 is 0.520 bits per heavy atom. The van der Waals surface area contributed by atoms with Gasteiger partial charge in [-0.05, 0) is 0 Å². The van der Waals surface area contributed by atoms with Gasteiger partial charge in [-0.15, -0.1) is 0 Å². The third-order valence-corrected chi connectivity index (χ3v) is 24.2. The normalized spacial score (nSPS) is 54.7. The molecule has 0 saturated carbocycles. The maximum Gasteiger partial charge on any atom is 0.187 e. The van der Waals surface area contributed by atoms with Crippen LogP contribution >= 0.6 is 0 Å². The average Bonchev–Trinajstić information content (AvgIpc) is 1.46. The van der Waals surface area contributed by atoms with Gasteiger partial charge in [0.15, 0.2) is 88.1 Å². The number of aliphatic hydroxyl groups excluding tert-OH is 30. The summed E-state index contributed by atoms with van der Waals surface area (Å²) >= 11 is 0. The van der Waals surface area contributed by atoms with Gasteiger partial charge in [0.25, 0.3) is 0 Å². The number of hydrogen-bond donors (Lipinski definition) is 30. The molecule has 57 heteroatoms. The Labute approximate surface area is 716 Å². The molecule has 127 heavy (non-hydrogen) atoms. The molecule has 14 saturated heterocycles. The first-order valence-electron chi connectivity index (χ1n) is 40.9. The molecule has 14 fully saturated rings. The van der Waals surface area contributed by atoms with Crippen molar-refractivity contribution in [2.24, 2.45) is 0 Å². The van der Waals surface area contributed by atoms with E-state index in [-0.39, 0.29) is 0 Å². The van der Waals surface area contributed by atoms with Gasteiger partial charge < -0.3 is 281 Å². The van der Waals surface area contributed by atoms with Crippen molar-refractivity contribution in [3.8, 4) is 0 Å². The largest absolute Gasteiger partial charge is 0.394 e. The van der Waals surface area contributed by atoms with Crippen LogP contribution in [0, 0.1) is 0 Å². The van der Waals surface area contributed by atoms with Crippen LogP contribution in [0.2, 0.25) is 0 Å². The summed E-state index contributed by atoms with van der Waals surface area (Å²) in [5.41, 5.74) is 0. The van der Waals surface area contributed by atoms with E-state index in [0.29, 0.717) is 0 Å². The van der Waals surface area contributed by atoms with Gasteiger partial charge in [-0.1, -0.05) is 0 Å². The van der Waals surface area contributed by atoms with Crippen LogP contribution in [0.3, 0.4) is 0 Å². The molecule has 56 atom stereocenters. The van der Waals surface area contributed by atoms with E-state index < -0.39 is 437 Å². The Hall–Kier alpha value is -2.28. The molecule has 0 bridgehead atoms. The molecule has 14 unspecified atom stereocenters. The molecule has 0 aliphatic carbocycles. The summed E-state index contributed by atoms with van der Waals surface area (Å²) in [6.45, 7) is -8.49. The molecular weight excluding hydrogens is 1750 g/mol. The number of aliphatic hydroxyl groups is 30. The van der Waals surface area contributed by atoms with Crippen molar-refractivity contribution in [3.05, 3.63) is 0 Å². The summed E-state index contributed by atoms with van der Waals surface area (Å²) in [4.78, 5) is 0.